The van der Waals surface area contributed by atoms with Crippen molar-refractivity contribution >= 4 is 33.6 Å². The van der Waals surface area contributed by atoms with Gasteiger partial charge in [-0.15, -0.1) is 0 Å². The topological polar surface area (TPSA) is 39.2 Å². The van der Waals surface area contributed by atoms with Crippen LogP contribution in [-0.4, -0.2) is 0 Å². The summed E-state index contributed by atoms with van der Waals surface area (Å²) in [4.78, 5) is 0. The molecule has 20 heavy (non-hydrogen) atoms. The highest BCUT2D eigenvalue weighted by atomic mass is 127. The number of aryl methyl sites for hydroxylation is 2. The number of fused-ring (bicyclic) bond motifs is 1. The minimum absolute atomic E-state index is 0.228. The molecule has 0 aliphatic rings. The van der Waals surface area contributed by atoms with E-state index in [1.807, 2.05) is 18.2 Å². The summed E-state index contributed by atoms with van der Waals surface area (Å²) < 4.78 is 7.19. The van der Waals surface area contributed by atoms with E-state index in [1.165, 1.54) is 9.13 Å². The maximum Gasteiger partial charge on any atom is 0.137 e. The Morgan fingerprint density at radius 3 is 2.50 bits per heavy atom. The maximum atomic E-state index is 6.40. The minimum Gasteiger partial charge on any atom is -0.459 e. The Balaban J connectivity index is 2.10. The first-order chi connectivity index (χ1) is 9.58. The Bertz CT molecular complexity index is 776. The van der Waals surface area contributed by atoms with Crippen molar-refractivity contribution in [2.24, 2.45) is 5.73 Å². The molecule has 2 aromatic carbocycles. The molecule has 0 saturated carbocycles. The van der Waals surface area contributed by atoms with Gasteiger partial charge in [-0.05, 0) is 59.2 Å². The summed E-state index contributed by atoms with van der Waals surface area (Å²) in [7, 11) is 0. The molecule has 1 heterocycles. The van der Waals surface area contributed by atoms with Crippen molar-refractivity contribution < 1.29 is 4.42 Å². The van der Waals surface area contributed by atoms with Crippen LogP contribution in [-0.2, 0) is 0 Å². The number of furan rings is 1. The molecule has 1 atom stereocenters. The highest BCUT2D eigenvalue weighted by molar-refractivity contribution is 14.1. The third-order valence-corrected chi connectivity index (χ3v) is 5.10. The molecule has 3 aromatic rings. The Hall–Kier alpha value is -1.33. The van der Waals surface area contributed by atoms with Gasteiger partial charge in [0.05, 0.1) is 6.04 Å². The SMILES string of the molecule is Cc1cccc(C(N)c2cc3cccc(C)c3o2)c1I. The van der Waals surface area contributed by atoms with Gasteiger partial charge in [0.25, 0.3) is 0 Å². The van der Waals surface area contributed by atoms with E-state index in [2.05, 4.69) is 60.7 Å². The van der Waals surface area contributed by atoms with Gasteiger partial charge in [-0.25, -0.2) is 0 Å². The molecule has 0 saturated heterocycles. The van der Waals surface area contributed by atoms with Crippen molar-refractivity contribution in [3.05, 3.63) is 68.5 Å². The molecule has 2 N–H and O–H groups in total. The van der Waals surface area contributed by atoms with Crippen LogP contribution in [0.3, 0.4) is 0 Å². The molecule has 0 bridgehead atoms. The zero-order valence-corrected chi connectivity index (χ0v) is 13.6. The zero-order valence-electron chi connectivity index (χ0n) is 11.5. The Morgan fingerprint density at radius 1 is 1.05 bits per heavy atom. The summed E-state index contributed by atoms with van der Waals surface area (Å²) in [6, 6.07) is 14.2. The molecule has 102 valence electrons. The molecule has 2 nitrogen and oxygen atoms in total. The van der Waals surface area contributed by atoms with Crippen molar-refractivity contribution in [3.63, 3.8) is 0 Å². The smallest absolute Gasteiger partial charge is 0.137 e. The zero-order chi connectivity index (χ0) is 14.3. The monoisotopic (exact) mass is 377 g/mol. The second kappa shape index (κ2) is 5.22. The second-order valence-corrected chi connectivity index (χ2v) is 6.18. The van der Waals surface area contributed by atoms with Gasteiger partial charge in [-0.2, -0.15) is 0 Å². The van der Waals surface area contributed by atoms with Crippen molar-refractivity contribution in [2.45, 2.75) is 19.9 Å². The third-order valence-electron chi connectivity index (χ3n) is 3.62. The summed E-state index contributed by atoms with van der Waals surface area (Å²) in [5, 5.41) is 1.11. The van der Waals surface area contributed by atoms with E-state index in [9.17, 15) is 0 Å². The fraction of sp³-hybridized carbons (Fsp3) is 0.176. The molecule has 0 spiro atoms. The lowest BCUT2D eigenvalue weighted by Gasteiger charge is -2.12. The average Bonchev–Trinajstić information content (AvgIpc) is 2.87. The van der Waals surface area contributed by atoms with Gasteiger partial charge < -0.3 is 10.2 Å². The first-order valence-corrected chi connectivity index (χ1v) is 7.65. The van der Waals surface area contributed by atoms with E-state index in [4.69, 9.17) is 10.2 Å². The number of benzene rings is 2. The number of nitrogens with two attached hydrogens (primary N) is 1. The Morgan fingerprint density at radius 2 is 1.75 bits per heavy atom. The molecule has 0 aliphatic heterocycles. The molecule has 0 radical (unpaired) electrons. The van der Waals surface area contributed by atoms with Crippen LogP contribution < -0.4 is 5.73 Å². The van der Waals surface area contributed by atoms with E-state index >= 15 is 0 Å². The van der Waals surface area contributed by atoms with Gasteiger partial charge in [-0.3, -0.25) is 0 Å². The fourth-order valence-electron chi connectivity index (χ4n) is 2.45. The predicted octanol–water partition coefficient (Wildman–Crippen LogP) is 4.70. The quantitative estimate of drug-likeness (QED) is 0.658. The molecular weight excluding hydrogens is 361 g/mol. The number of halogens is 1. The molecule has 3 rings (SSSR count). The normalized spacial score (nSPS) is 12.8. The van der Waals surface area contributed by atoms with Crippen LogP contribution >= 0.6 is 22.6 Å². The highest BCUT2D eigenvalue weighted by Crippen LogP contribution is 2.31. The van der Waals surface area contributed by atoms with Gasteiger partial charge in [-0.1, -0.05) is 36.4 Å². The predicted molar refractivity (Wildman–Crippen MR) is 90.9 cm³/mol. The summed E-state index contributed by atoms with van der Waals surface area (Å²) in [6.45, 7) is 4.15. The van der Waals surface area contributed by atoms with Crippen molar-refractivity contribution in [1.82, 2.24) is 0 Å². The van der Waals surface area contributed by atoms with Gasteiger partial charge in [0.1, 0.15) is 11.3 Å². The first kappa shape index (κ1) is 13.6. The largest absolute Gasteiger partial charge is 0.459 e. The molecule has 0 amide bonds. The molecule has 1 aromatic heterocycles. The Labute approximate surface area is 132 Å². The van der Waals surface area contributed by atoms with Crippen molar-refractivity contribution in [3.8, 4) is 0 Å². The first-order valence-electron chi connectivity index (χ1n) is 6.57. The van der Waals surface area contributed by atoms with E-state index in [1.54, 1.807) is 0 Å². The highest BCUT2D eigenvalue weighted by Gasteiger charge is 2.17. The maximum absolute atomic E-state index is 6.40. The molecular formula is C17H16INO. The summed E-state index contributed by atoms with van der Waals surface area (Å²) in [5.74, 6) is 0.817. The van der Waals surface area contributed by atoms with Gasteiger partial charge in [0.2, 0.25) is 0 Å². The van der Waals surface area contributed by atoms with Gasteiger partial charge in [0.15, 0.2) is 0 Å². The van der Waals surface area contributed by atoms with Crippen LogP contribution in [0.4, 0.5) is 0 Å². The molecule has 3 heteroatoms. The summed E-state index contributed by atoms with van der Waals surface area (Å²) in [5.41, 5.74) is 10.8. The van der Waals surface area contributed by atoms with Gasteiger partial charge in [0, 0.05) is 8.96 Å². The lowest BCUT2D eigenvalue weighted by Crippen LogP contribution is -2.12. The van der Waals surface area contributed by atoms with Crippen LogP contribution in [0.1, 0.15) is 28.5 Å². The number of para-hydroxylation sites is 1. The van der Waals surface area contributed by atoms with Gasteiger partial charge >= 0.3 is 0 Å². The molecule has 0 fully saturated rings. The van der Waals surface area contributed by atoms with Crippen LogP contribution in [0.25, 0.3) is 11.0 Å². The molecule has 1 unspecified atom stereocenters. The lowest BCUT2D eigenvalue weighted by atomic mass is 10.0. The van der Waals surface area contributed by atoms with Crippen LogP contribution in [0.15, 0.2) is 46.9 Å². The number of hydrogen-bond acceptors (Lipinski definition) is 2. The third kappa shape index (κ3) is 2.25. The fourth-order valence-corrected chi connectivity index (χ4v) is 3.14. The molecule has 0 aliphatic carbocycles. The second-order valence-electron chi connectivity index (χ2n) is 5.10. The van der Waals surface area contributed by atoms with Crippen molar-refractivity contribution in [1.29, 1.82) is 0 Å². The van der Waals surface area contributed by atoms with Crippen molar-refractivity contribution in [2.75, 3.05) is 0 Å². The summed E-state index contributed by atoms with van der Waals surface area (Å²) >= 11 is 2.35. The average molecular weight is 377 g/mol. The van der Waals surface area contributed by atoms with E-state index in [0.717, 1.165) is 27.9 Å². The number of rotatable bonds is 2. The van der Waals surface area contributed by atoms with E-state index < -0.39 is 0 Å². The standard InChI is InChI=1S/C17H16INO/c1-10-5-4-8-13(15(10)18)16(19)14-9-12-7-3-6-11(2)17(12)20-14/h3-9,16H,19H2,1-2H3. The van der Waals surface area contributed by atoms with E-state index in [0.29, 0.717) is 0 Å². The van der Waals surface area contributed by atoms with Crippen LogP contribution in [0, 0.1) is 17.4 Å². The number of hydrogen-bond donors (Lipinski definition) is 1. The summed E-state index contributed by atoms with van der Waals surface area (Å²) in [6.07, 6.45) is 0. The van der Waals surface area contributed by atoms with Crippen LogP contribution in [0.5, 0.6) is 0 Å². The Kier molecular flexibility index (Phi) is 3.56. The minimum atomic E-state index is -0.228. The van der Waals surface area contributed by atoms with E-state index in [-0.39, 0.29) is 6.04 Å². The lowest BCUT2D eigenvalue weighted by molar-refractivity contribution is 0.523. The van der Waals surface area contributed by atoms with Crippen LogP contribution in [0.2, 0.25) is 0 Å².